The highest BCUT2D eigenvalue weighted by atomic mass is 79.9. The van der Waals surface area contributed by atoms with Crippen molar-refractivity contribution in [2.24, 2.45) is 5.92 Å². The number of carbonyl (C=O) groups excluding carboxylic acids is 2. The van der Waals surface area contributed by atoms with Crippen LogP contribution in [0.3, 0.4) is 0 Å². The van der Waals surface area contributed by atoms with Crippen molar-refractivity contribution in [3.8, 4) is 0 Å². The van der Waals surface area contributed by atoms with Crippen LogP contribution in [0, 0.1) is 5.92 Å². The van der Waals surface area contributed by atoms with E-state index in [-0.39, 0.29) is 11.7 Å². The first-order chi connectivity index (χ1) is 9.92. The zero-order valence-electron chi connectivity index (χ0n) is 12.4. The van der Waals surface area contributed by atoms with E-state index in [0.29, 0.717) is 12.3 Å². The van der Waals surface area contributed by atoms with Gasteiger partial charge in [0.15, 0.2) is 0 Å². The molecule has 0 aromatic heterocycles. The molecule has 1 aromatic carbocycles. The Hall–Kier alpha value is -1.01. The zero-order valence-corrected chi connectivity index (χ0v) is 14.8. The van der Waals surface area contributed by atoms with Crippen LogP contribution in [0.1, 0.15) is 20.3 Å². The van der Waals surface area contributed by atoms with E-state index < -0.39 is 12.0 Å². The summed E-state index contributed by atoms with van der Waals surface area (Å²) in [4.78, 5) is 24.6. The molecule has 1 aromatic rings. The molecule has 0 aliphatic rings. The number of ether oxygens (including phenoxy) is 1. The maximum atomic E-state index is 11.9. The lowest BCUT2D eigenvalue weighted by atomic mass is 10.0. The van der Waals surface area contributed by atoms with Crippen LogP contribution in [0.5, 0.6) is 0 Å². The maximum Gasteiger partial charge on any atom is 0.328 e. The highest BCUT2D eigenvalue weighted by molar-refractivity contribution is 9.10. The van der Waals surface area contributed by atoms with Crippen molar-refractivity contribution < 1.29 is 14.3 Å². The Kier molecular flexibility index (Phi) is 7.82. The van der Waals surface area contributed by atoms with Gasteiger partial charge in [-0.15, -0.1) is 11.8 Å². The number of halogens is 1. The number of nitrogens with one attached hydrogen (secondary N) is 1. The van der Waals surface area contributed by atoms with E-state index in [4.69, 9.17) is 4.74 Å². The predicted molar refractivity (Wildman–Crippen MR) is 88.3 cm³/mol. The van der Waals surface area contributed by atoms with Crippen LogP contribution in [-0.2, 0) is 14.3 Å². The van der Waals surface area contributed by atoms with Crippen molar-refractivity contribution in [2.75, 3.05) is 12.9 Å². The molecule has 0 aliphatic carbocycles. The van der Waals surface area contributed by atoms with Crippen molar-refractivity contribution in [3.63, 3.8) is 0 Å². The molecule has 1 atom stereocenters. The van der Waals surface area contributed by atoms with E-state index in [9.17, 15) is 9.59 Å². The number of benzene rings is 1. The van der Waals surface area contributed by atoms with E-state index in [0.717, 1.165) is 9.37 Å². The quantitative estimate of drug-likeness (QED) is 0.588. The van der Waals surface area contributed by atoms with Crippen molar-refractivity contribution in [3.05, 3.63) is 28.7 Å². The van der Waals surface area contributed by atoms with E-state index >= 15 is 0 Å². The molecule has 1 amide bonds. The van der Waals surface area contributed by atoms with Crippen LogP contribution in [0.4, 0.5) is 0 Å². The van der Waals surface area contributed by atoms with Gasteiger partial charge in [0.25, 0.3) is 0 Å². The average Bonchev–Trinajstić information content (AvgIpc) is 2.44. The van der Waals surface area contributed by atoms with Crippen molar-refractivity contribution in [2.45, 2.75) is 31.2 Å². The normalized spacial score (nSPS) is 12.0. The number of esters is 1. The lowest BCUT2D eigenvalue weighted by molar-refractivity contribution is -0.145. The second kappa shape index (κ2) is 9.10. The predicted octanol–water partition coefficient (Wildman–Crippen LogP) is 3.25. The Morgan fingerprint density at radius 1 is 1.29 bits per heavy atom. The Morgan fingerprint density at radius 3 is 2.43 bits per heavy atom. The van der Waals surface area contributed by atoms with E-state index in [1.165, 1.54) is 18.9 Å². The summed E-state index contributed by atoms with van der Waals surface area (Å²) in [6.45, 7) is 4.00. The van der Waals surface area contributed by atoms with Crippen molar-refractivity contribution in [1.82, 2.24) is 5.32 Å². The molecule has 0 spiro atoms. The topological polar surface area (TPSA) is 55.4 Å². The second-order valence-corrected chi connectivity index (χ2v) is 6.98. The largest absolute Gasteiger partial charge is 0.467 e. The molecule has 0 saturated carbocycles. The van der Waals surface area contributed by atoms with Crippen LogP contribution >= 0.6 is 27.7 Å². The Labute approximate surface area is 138 Å². The van der Waals surface area contributed by atoms with Gasteiger partial charge in [-0.05, 0) is 36.6 Å². The summed E-state index contributed by atoms with van der Waals surface area (Å²) in [5.41, 5.74) is 0. The summed E-state index contributed by atoms with van der Waals surface area (Å²) >= 11 is 4.80. The minimum absolute atomic E-state index is 0.168. The molecular formula is C15H20BrNO3S. The van der Waals surface area contributed by atoms with E-state index in [1.807, 2.05) is 38.1 Å². The molecule has 0 radical (unpaired) electrons. The summed E-state index contributed by atoms with van der Waals surface area (Å²) in [5, 5.41) is 2.74. The fourth-order valence-electron chi connectivity index (χ4n) is 1.74. The first-order valence-corrected chi connectivity index (χ1v) is 8.45. The minimum Gasteiger partial charge on any atom is -0.467 e. The lowest BCUT2D eigenvalue weighted by Gasteiger charge is -2.18. The molecule has 6 heteroatoms. The summed E-state index contributed by atoms with van der Waals surface area (Å²) in [6, 6.07) is 7.15. The molecule has 4 nitrogen and oxygen atoms in total. The molecule has 1 N–H and O–H groups in total. The first kappa shape index (κ1) is 18.0. The van der Waals surface area contributed by atoms with Crippen LogP contribution in [-0.4, -0.2) is 30.8 Å². The van der Waals surface area contributed by atoms with Gasteiger partial charge in [-0.1, -0.05) is 29.8 Å². The van der Waals surface area contributed by atoms with Crippen molar-refractivity contribution in [1.29, 1.82) is 0 Å². The summed E-state index contributed by atoms with van der Waals surface area (Å²) in [5.74, 6) is 0.00549. The van der Waals surface area contributed by atoms with Gasteiger partial charge < -0.3 is 10.1 Å². The van der Waals surface area contributed by atoms with Crippen LogP contribution < -0.4 is 5.32 Å². The van der Waals surface area contributed by atoms with Gasteiger partial charge >= 0.3 is 5.97 Å². The first-order valence-electron chi connectivity index (χ1n) is 6.68. The SMILES string of the molecule is COC(=O)[C@H](CC(C)C)NC(=O)CSc1ccc(Br)cc1. The van der Waals surface area contributed by atoms with Gasteiger partial charge in [-0.25, -0.2) is 4.79 Å². The van der Waals surface area contributed by atoms with E-state index in [1.54, 1.807) is 0 Å². The molecule has 0 heterocycles. The third-order valence-electron chi connectivity index (χ3n) is 2.71. The Balaban J connectivity index is 2.49. The monoisotopic (exact) mass is 373 g/mol. The third kappa shape index (κ3) is 7.00. The van der Waals surface area contributed by atoms with Crippen LogP contribution in [0.2, 0.25) is 0 Å². The van der Waals surface area contributed by atoms with Gasteiger partial charge in [0.05, 0.1) is 12.9 Å². The fourth-order valence-corrected chi connectivity index (χ4v) is 2.72. The number of carbonyl (C=O) groups is 2. The van der Waals surface area contributed by atoms with Crippen LogP contribution in [0.15, 0.2) is 33.6 Å². The molecule has 0 unspecified atom stereocenters. The molecule has 1 rings (SSSR count). The van der Waals surface area contributed by atoms with Gasteiger partial charge in [0.2, 0.25) is 5.91 Å². The average molecular weight is 374 g/mol. The molecule has 0 bridgehead atoms. The smallest absolute Gasteiger partial charge is 0.328 e. The number of methoxy groups -OCH3 is 1. The highest BCUT2D eigenvalue weighted by Gasteiger charge is 2.22. The number of hydrogen-bond acceptors (Lipinski definition) is 4. The lowest BCUT2D eigenvalue weighted by Crippen LogP contribution is -2.43. The fraction of sp³-hybridized carbons (Fsp3) is 0.467. The van der Waals surface area contributed by atoms with E-state index in [2.05, 4.69) is 21.2 Å². The number of thioether (sulfide) groups is 1. The summed E-state index contributed by atoms with van der Waals surface area (Å²) < 4.78 is 5.72. The number of hydrogen-bond donors (Lipinski definition) is 1. The van der Waals surface area contributed by atoms with Gasteiger partial charge in [-0.2, -0.15) is 0 Å². The number of amides is 1. The highest BCUT2D eigenvalue weighted by Crippen LogP contribution is 2.20. The molecule has 0 saturated heterocycles. The van der Waals surface area contributed by atoms with Crippen LogP contribution in [0.25, 0.3) is 0 Å². The summed E-state index contributed by atoms with van der Waals surface area (Å²) in [7, 11) is 1.33. The second-order valence-electron chi connectivity index (χ2n) is 5.02. The number of rotatable bonds is 7. The summed E-state index contributed by atoms with van der Waals surface area (Å²) in [6.07, 6.45) is 0.571. The molecule has 0 fully saturated rings. The van der Waals surface area contributed by atoms with Gasteiger partial charge in [0.1, 0.15) is 6.04 Å². The molecule has 116 valence electrons. The third-order valence-corrected chi connectivity index (χ3v) is 4.25. The Morgan fingerprint density at radius 2 is 1.90 bits per heavy atom. The maximum absolute atomic E-state index is 11.9. The van der Waals surface area contributed by atoms with Crippen molar-refractivity contribution >= 4 is 39.6 Å². The standard InChI is InChI=1S/C15H20BrNO3S/c1-10(2)8-13(15(19)20-3)17-14(18)9-21-12-6-4-11(16)5-7-12/h4-7,10,13H,8-9H2,1-3H3,(H,17,18)/t13-/m0/s1. The minimum atomic E-state index is -0.576. The molecular weight excluding hydrogens is 354 g/mol. The molecule has 21 heavy (non-hydrogen) atoms. The van der Waals surface area contributed by atoms with Gasteiger partial charge in [-0.3, -0.25) is 4.79 Å². The molecule has 0 aliphatic heterocycles. The van der Waals surface area contributed by atoms with Gasteiger partial charge in [0, 0.05) is 9.37 Å². The zero-order chi connectivity index (χ0) is 15.8. The Bertz CT molecular complexity index is 476.